The average Bonchev–Trinajstić information content (AvgIpc) is 3.02. The topological polar surface area (TPSA) is 36.4 Å². The van der Waals surface area contributed by atoms with Gasteiger partial charge in [-0.2, -0.15) is 0 Å². The normalized spacial score (nSPS) is 11.3. The molecule has 4 nitrogen and oxygen atoms in total. The number of thiazole rings is 1. The number of aromatic nitrogens is 1. The maximum absolute atomic E-state index is 13.2. The Morgan fingerprint density at radius 3 is 2.37 bits per heavy atom. The summed E-state index contributed by atoms with van der Waals surface area (Å²) < 4.78 is 1.16. The summed E-state index contributed by atoms with van der Waals surface area (Å²) in [5.41, 5.74) is 5.24. The average molecular weight is 382 g/mol. The number of carbonyl (C=O) groups excluding carboxylic acids is 1. The van der Waals surface area contributed by atoms with Gasteiger partial charge in [0.15, 0.2) is 5.13 Å². The summed E-state index contributed by atoms with van der Waals surface area (Å²) in [7, 11) is 4.10. The minimum absolute atomic E-state index is 0.0159. The van der Waals surface area contributed by atoms with Crippen LogP contribution < -0.4 is 4.90 Å². The molecule has 1 amide bonds. The molecule has 3 aromatic rings. The van der Waals surface area contributed by atoms with Crippen LogP contribution in [0, 0.1) is 20.8 Å². The first-order valence-corrected chi connectivity index (χ1v) is 10.1. The molecule has 27 heavy (non-hydrogen) atoms. The van der Waals surface area contributed by atoms with Gasteiger partial charge in [-0.25, -0.2) is 4.98 Å². The smallest absolute Gasteiger partial charge is 0.260 e. The summed E-state index contributed by atoms with van der Waals surface area (Å²) in [5, 5.41) is 0.781. The van der Waals surface area contributed by atoms with Gasteiger partial charge in [0.2, 0.25) is 0 Å². The molecule has 0 aliphatic rings. The number of aryl methyl sites for hydroxylation is 3. The Labute approximate surface area is 165 Å². The van der Waals surface area contributed by atoms with Gasteiger partial charge in [-0.15, -0.1) is 0 Å². The number of benzene rings is 2. The lowest BCUT2D eigenvalue weighted by Gasteiger charge is -2.21. The molecule has 0 aliphatic heterocycles. The third-order valence-electron chi connectivity index (χ3n) is 4.57. The van der Waals surface area contributed by atoms with Crippen LogP contribution in [0.25, 0.3) is 10.2 Å². The zero-order valence-corrected chi connectivity index (χ0v) is 17.6. The van der Waals surface area contributed by atoms with Crippen LogP contribution in [0.15, 0.2) is 36.4 Å². The first kappa shape index (κ1) is 19.5. The van der Waals surface area contributed by atoms with Gasteiger partial charge in [0.1, 0.15) is 0 Å². The lowest BCUT2D eigenvalue weighted by atomic mass is 10.1. The second-order valence-corrected chi connectivity index (χ2v) is 8.38. The van der Waals surface area contributed by atoms with E-state index in [0.717, 1.165) is 33.9 Å². The Balaban J connectivity index is 1.97. The van der Waals surface area contributed by atoms with Crippen LogP contribution in [0.5, 0.6) is 0 Å². The first-order valence-electron chi connectivity index (χ1n) is 9.26. The van der Waals surface area contributed by atoms with Gasteiger partial charge in [-0.05, 0) is 77.2 Å². The maximum atomic E-state index is 13.2. The van der Waals surface area contributed by atoms with Crippen molar-refractivity contribution in [3.05, 3.63) is 58.7 Å². The molecular formula is C22H27N3OS. The number of anilines is 1. The van der Waals surface area contributed by atoms with Crippen LogP contribution in [-0.4, -0.2) is 43.0 Å². The molecule has 0 spiro atoms. The molecule has 0 atom stereocenters. The first-order chi connectivity index (χ1) is 12.8. The van der Waals surface area contributed by atoms with Gasteiger partial charge in [0.05, 0.1) is 10.2 Å². The zero-order valence-electron chi connectivity index (χ0n) is 16.7. The molecule has 0 saturated heterocycles. The van der Waals surface area contributed by atoms with Gasteiger partial charge in [-0.1, -0.05) is 35.1 Å². The Morgan fingerprint density at radius 1 is 1.00 bits per heavy atom. The summed E-state index contributed by atoms with van der Waals surface area (Å²) in [6, 6.07) is 12.0. The van der Waals surface area contributed by atoms with Crippen LogP contribution in [0.2, 0.25) is 0 Å². The third-order valence-corrected chi connectivity index (χ3v) is 5.80. The van der Waals surface area contributed by atoms with E-state index in [-0.39, 0.29) is 5.91 Å². The van der Waals surface area contributed by atoms with E-state index in [9.17, 15) is 4.79 Å². The number of hydrogen-bond acceptors (Lipinski definition) is 4. The molecular weight excluding hydrogens is 354 g/mol. The summed E-state index contributed by atoms with van der Waals surface area (Å²) in [6.45, 7) is 7.80. The van der Waals surface area contributed by atoms with Crippen molar-refractivity contribution in [1.29, 1.82) is 0 Å². The number of hydrogen-bond donors (Lipinski definition) is 0. The highest BCUT2D eigenvalue weighted by Gasteiger charge is 2.21. The van der Waals surface area contributed by atoms with E-state index in [1.54, 1.807) is 11.3 Å². The predicted molar refractivity (Wildman–Crippen MR) is 115 cm³/mol. The number of rotatable bonds is 6. The van der Waals surface area contributed by atoms with Crippen LogP contribution in [0.4, 0.5) is 5.13 Å². The molecule has 0 saturated carbocycles. The molecule has 3 rings (SSSR count). The van der Waals surface area contributed by atoms with Crippen molar-refractivity contribution < 1.29 is 4.79 Å². The molecule has 0 bridgehead atoms. The molecule has 0 unspecified atom stereocenters. The van der Waals surface area contributed by atoms with Crippen LogP contribution in [0.3, 0.4) is 0 Å². The van der Waals surface area contributed by atoms with E-state index in [2.05, 4.69) is 45.0 Å². The van der Waals surface area contributed by atoms with Crippen molar-refractivity contribution in [3.8, 4) is 0 Å². The molecule has 142 valence electrons. The summed E-state index contributed by atoms with van der Waals surface area (Å²) in [5.74, 6) is 0.0159. The standard InChI is InChI=1S/C22H27N3OS/c1-15-7-9-18(10-8-15)21(26)25(12-6-11-24(4)5)22-23-19-14-16(2)13-17(3)20(19)27-22/h7-10,13-14H,6,11-12H2,1-5H3. The Bertz CT molecular complexity index is 944. The Morgan fingerprint density at radius 2 is 1.70 bits per heavy atom. The van der Waals surface area contributed by atoms with E-state index in [4.69, 9.17) is 4.98 Å². The Hall–Kier alpha value is -2.24. The second kappa shape index (κ2) is 8.19. The lowest BCUT2D eigenvalue weighted by molar-refractivity contribution is 0.0986. The number of amides is 1. The van der Waals surface area contributed by atoms with Crippen molar-refractivity contribution in [2.24, 2.45) is 0 Å². The second-order valence-electron chi connectivity index (χ2n) is 7.41. The van der Waals surface area contributed by atoms with Crippen molar-refractivity contribution in [2.45, 2.75) is 27.2 Å². The van der Waals surface area contributed by atoms with E-state index < -0.39 is 0 Å². The number of nitrogens with zero attached hydrogens (tertiary/aromatic N) is 3. The zero-order chi connectivity index (χ0) is 19.6. The fourth-order valence-corrected chi connectivity index (χ4v) is 4.20. The molecule has 1 heterocycles. The van der Waals surface area contributed by atoms with Crippen molar-refractivity contribution >= 4 is 32.6 Å². The SMILES string of the molecule is Cc1ccc(C(=O)N(CCCN(C)C)c2nc3cc(C)cc(C)c3s2)cc1. The molecule has 0 aliphatic carbocycles. The van der Waals surface area contributed by atoms with Crippen LogP contribution in [0.1, 0.15) is 33.5 Å². The van der Waals surface area contributed by atoms with Gasteiger partial charge >= 0.3 is 0 Å². The van der Waals surface area contributed by atoms with E-state index in [1.165, 1.54) is 11.1 Å². The van der Waals surface area contributed by atoms with E-state index in [0.29, 0.717) is 12.1 Å². The Kier molecular flexibility index (Phi) is 5.92. The molecule has 1 aromatic heterocycles. The van der Waals surface area contributed by atoms with Gasteiger partial charge in [-0.3, -0.25) is 9.69 Å². The lowest BCUT2D eigenvalue weighted by Crippen LogP contribution is -2.33. The molecule has 5 heteroatoms. The third kappa shape index (κ3) is 4.54. The van der Waals surface area contributed by atoms with E-state index >= 15 is 0 Å². The molecule has 0 radical (unpaired) electrons. The van der Waals surface area contributed by atoms with Gasteiger partial charge < -0.3 is 4.90 Å². The molecule has 0 fully saturated rings. The fourth-order valence-electron chi connectivity index (χ4n) is 3.16. The quantitative estimate of drug-likeness (QED) is 0.614. The fraction of sp³-hybridized carbons (Fsp3) is 0.364. The highest BCUT2D eigenvalue weighted by Crippen LogP contribution is 2.33. The highest BCUT2D eigenvalue weighted by molar-refractivity contribution is 7.22. The largest absolute Gasteiger partial charge is 0.309 e. The van der Waals surface area contributed by atoms with Crippen LogP contribution in [-0.2, 0) is 0 Å². The van der Waals surface area contributed by atoms with Gasteiger partial charge in [0, 0.05) is 12.1 Å². The molecule has 0 N–H and O–H groups in total. The van der Waals surface area contributed by atoms with Crippen molar-refractivity contribution in [3.63, 3.8) is 0 Å². The minimum atomic E-state index is 0.0159. The van der Waals surface area contributed by atoms with Crippen molar-refractivity contribution in [1.82, 2.24) is 9.88 Å². The minimum Gasteiger partial charge on any atom is -0.309 e. The van der Waals surface area contributed by atoms with Crippen molar-refractivity contribution in [2.75, 3.05) is 32.1 Å². The monoisotopic (exact) mass is 381 g/mol. The number of fused-ring (bicyclic) bond motifs is 1. The predicted octanol–water partition coefficient (Wildman–Crippen LogP) is 4.82. The van der Waals surface area contributed by atoms with Gasteiger partial charge in [0.25, 0.3) is 5.91 Å². The summed E-state index contributed by atoms with van der Waals surface area (Å²) >= 11 is 1.61. The summed E-state index contributed by atoms with van der Waals surface area (Å²) in [4.78, 5) is 22.0. The number of carbonyl (C=O) groups is 1. The highest BCUT2D eigenvalue weighted by atomic mass is 32.1. The summed E-state index contributed by atoms with van der Waals surface area (Å²) in [6.07, 6.45) is 0.901. The maximum Gasteiger partial charge on any atom is 0.260 e. The van der Waals surface area contributed by atoms with Crippen LogP contribution >= 0.6 is 11.3 Å². The van der Waals surface area contributed by atoms with E-state index in [1.807, 2.05) is 36.1 Å². The molecule has 2 aromatic carbocycles.